The van der Waals surface area contributed by atoms with Crippen molar-refractivity contribution < 1.29 is 28.6 Å². The predicted molar refractivity (Wildman–Crippen MR) is 390 cm³/mol. The summed E-state index contributed by atoms with van der Waals surface area (Å²) in [5, 5.41) is 0. The molecule has 0 fully saturated rings. The van der Waals surface area contributed by atoms with Crippen LogP contribution in [-0.2, 0) is 48.2 Å². The topological polar surface area (TPSA) is 145 Å². The first kappa shape index (κ1) is 85.9. The number of hydrogen-bond donors (Lipinski definition) is 0. The molecule has 1 aromatic heterocycles. The van der Waals surface area contributed by atoms with Crippen molar-refractivity contribution in [2.45, 2.75) is 387 Å². The maximum Gasteiger partial charge on any atom is 0.336 e. The van der Waals surface area contributed by atoms with Crippen LogP contribution in [0.1, 0.15) is 367 Å². The monoisotopic (exact) mass is 1320 g/mol. The van der Waals surface area contributed by atoms with Crippen molar-refractivity contribution in [3.05, 3.63) is 31.5 Å². The molecule has 528 valence electrons. The lowest BCUT2D eigenvalue weighted by Gasteiger charge is -2.14. The van der Waals surface area contributed by atoms with Gasteiger partial charge in [0, 0.05) is 19.3 Å². The molecule has 0 aromatic carbocycles. The molecule has 0 aliphatic carbocycles. The molecular weight excluding hydrogens is 1180 g/mol. The Morgan fingerprint density at radius 1 is 0.244 bits per heavy atom. The van der Waals surface area contributed by atoms with Gasteiger partial charge in [-0.1, -0.05) is 310 Å². The van der Waals surface area contributed by atoms with E-state index in [1.165, 1.54) is 308 Å². The van der Waals surface area contributed by atoms with Crippen LogP contribution in [0.25, 0.3) is 0 Å². The van der Waals surface area contributed by atoms with E-state index < -0.39 is 35.0 Å². The second-order valence-electron chi connectivity index (χ2n) is 26.0. The lowest BCUT2D eigenvalue weighted by molar-refractivity contribution is -0.144. The van der Waals surface area contributed by atoms with Crippen LogP contribution in [0.4, 0.5) is 0 Å². The Morgan fingerprint density at radius 2 is 0.400 bits per heavy atom. The molecule has 0 bridgehead atoms. The zero-order valence-corrected chi connectivity index (χ0v) is 61.4. The molecule has 0 saturated carbocycles. The third-order valence-corrected chi connectivity index (χ3v) is 21.0. The average Bonchev–Trinajstić information content (AvgIpc) is 0.821. The maximum atomic E-state index is 13.7. The molecule has 90 heavy (non-hydrogen) atoms. The number of esters is 3. The van der Waals surface area contributed by atoms with E-state index in [1.807, 2.05) is 35.3 Å². The zero-order valence-electron chi connectivity index (χ0n) is 58.9. The Kier molecular flexibility index (Phi) is 65.1. The van der Waals surface area contributed by atoms with E-state index in [2.05, 4.69) is 20.8 Å². The molecule has 12 nitrogen and oxygen atoms in total. The number of carbonyl (C=O) groups is 3. The highest BCUT2D eigenvalue weighted by molar-refractivity contribution is 7.99. The van der Waals surface area contributed by atoms with Gasteiger partial charge in [-0.25, -0.2) is 28.1 Å². The molecule has 0 spiro atoms. The van der Waals surface area contributed by atoms with Gasteiger partial charge < -0.3 is 14.2 Å². The normalized spacial score (nSPS) is 11.5. The highest BCUT2D eigenvalue weighted by Gasteiger charge is 2.18. The molecule has 0 saturated heterocycles. The van der Waals surface area contributed by atoms with Gasteiger partial charge in [0.15, 0.2) is 0 Å². The first-order chi connectivity index (χ1) is 44.3. The van der Waals surface area contributed by atoms with Crippen molar-refractivity contribution in [1.29, 1.82) is 0 Å². The fraction of sp³-hybridized carbons (Fsp3) is 0.920. The summed E-state index contributed by atoms with van der Waals surface area (Å²) in [6.07, 6.45) is 67.7. The van der Waals surface area contributed by atoms with Gasteiger partial charge in [-0.15, -0.1) is 0 Å². The minimum atomic E-state index is -0.876. The Morgan fingerprint density at radius 3 is 0.578 bits per heavy atom. The van der Waals surface area contributed by atoms with Crippen LogP contribution < -0.4 is 17.1 Å². The SMILES string of the molecule is CCCCCCCCCCCCCCCCCCSCCCC(=O)OCCn1c(=O)n(CCOC(=O)CCCSCCCCCCCCCCCCCCCCCC)c(=O)n(CCOC(=O)CCCSCCCCCCCCCCCCCCCCCC)c1=O. The van der Waals surface area contributed by atoms with Crippen LogP contribution in [-0.4, -0.2) is 85.9 Å². The predicted octanol–water partition coefficient (Wildman–Crippen LogP) is 21.1. The first-order valence-corrected chi connectivity index (χ1v) is 41.9. The summed E-state index contributed by atoms with van der Waals surface area (Å²) < 4.78 is 19.1. The van der Waals surface area contributed by atoms with Crippen molar-refractivity contribution in [1.82, 2.24) is 13.7 Å². The molecule has 0 aliphatic rings. The summed E-state index contributed by atoms with van der Waals surface area (Å²) in [7, 11) is 0. The molecule has 1 rings (SSSR count). The number of unbranched alkanes of at least 4 members (excludes halogenated alkanes) is 45. The van der Waals surface area contributed by atoms with E-state index in [-0.39, 0.29) is 58.7 Å². The average molecular weight is 1330 g/mol. The highest BCUT2D eigenvalue weighted by atomic mass is 32.2. The third-order valence-electron chi connectivity index (χ3n) is 17.6. The summed E-state index contributed by atoms with van der Waals surface area (Å²) in [6, 6.07) is 0. The quantitative estimate of drug-likeness (QED) is 0.0348. The highest BCUT2D eigenvalue weighted by Crippen LogP contribution is 2.19. The van der Waals surface area contributed by atoms with Crippen LogP contribution in [0.3, 0.4) is 0 Å². The summed E-state index contributed by atoms with van der Waals surface area (Å²) in [5.41, 5.74) is -2.63. The Labute approximate surface area is 565 Å². The van der Waals surface area contributed by atoms with Gasteiger partial charge in [-0.05, 0) is 73.0 Å². The van der Waals surface area contributed by atoms with E-state index in [1.54, 1.807) is 0 Å². The number of ether oxygens (including phenoxy) is 3. The van der Waals surface area contributed by atoms with Crippen LogP contribution >= 0.6 is 35.3 Å². The van der Waals surface area contributed by atoms with E-state index in [0.29, 0.717) is 19.3 Å². The maximum absolute atomic E-state index is 13.7. The third kappa shape index (κ3) is 55.2. The van der Waals surface area contributed by atoms with Crippen molar-refractivity contribution in [2.24, 2.45) is 0 Å². The number of thioether (sulfide) groups is 3. The van der Waals surface area contributed by atoms with Crippen molar-refractivity contribution in [3.8, 4) is 0 Å². The fourth-order valence-corrected chi connectivity index (χ4v) is 14.6. The van der Waals surface area contributed by atoms with Crippen LogP contribution in [0.5, 0.6) is 0 Å². The number of carbonyl (C=O) groups excluding carboxylic acids is 3. The van der Waals surface area contributed by atoms with Crippen LogP contribution in [0.2, 0.25) is 0 Å². The van der Waals surface area contributed by atoms with Crippen molar-refractivity contribution in [3.63, 3.8) is 0 Å². The summed E-state index contributed by atoms with van der Waals surface area (Å²) >= 11 is 5.58. The largest absolute Gasteiger partial charge is 0.464 e. The minimum Gasteiger partial charge on any atom is -0.464 e. The molecule has 0 aliphatic heterocycles. The summed E-state index contributed by atoms with van der Waals surface area (Å²) in [5.74, 6) is 4.58. The van der Waals surface area contributed by atoms with Gasteiger partial charge in [0.05, 0.1) is 19.6 Å². The van der Waals surface area contributed by atoms with Gasteiger partial charge in [0.1, 0.15) is 19.8 Å². The molecule has 0 amide bonds. The standard InChI is InChI=1S/C75H141N3O9S3/c1-4-7-10-13-16-19-22-25-28-31-34-37-40-43-46-49-64-88-67-52-55-70(79)85-61-58-76-73(82)77(59-62-86-71(80)56-53-68-89-65-50-47-44-41-38-35-32-29-26-23-20-17-14-11-8-5-2)75(84)78(74(76)83)60-63-87-72(81)57-54-69-90-66-51-48-45-42-39-36-33-30-27-24-21-18-15-12-9-6-3/h4-69H2,1-3H3. The van der Waals surface area contributed by atoms with Crippen LogP contribution in [0, 0.1) is 0 Å². The summed E-state index contributed by atoms with van der Waals surface area (Å²) in [4.78, 5) is 79.4. The van der Waals surface area contributed by atoms with E-state index in [0.717, 1.165) is 48.2 Å². The first-order valence-electron chi connectivity index (χ1n) is 38.4. The van der Waals surface area contributed by atoms with Gasteiger partial charge in [-0.2, -0.15) is 35.3 Å². The Hall–Kier alpha value is -2.13. The molecule has 0 N–H and O–H groups in total. The number of aromatic nitrogens is 3. The van der Waals surface area contributed by atoms with Gasteiger partial charge >= 0.3 is 35.0 Å². The van der Waals surface area contributed by atoms with Gasteiger partial charge in [0.2, 0.25) is 0 Å². The molecule has 0 radical (unpaired) electrons. The van der Waals surface area contributed by atoms with E-state index in [4.69, 9.17) is 14.2 Å². The number of rotatable bonds is 72. The minimum absolute atomic E-state index is 0.225. The lowest BCUT2D eigenvalue weighted by Crippen LogP contribution is -2.55. The van der Waals surface area contributed by atoms with Crippen molar-refractivity contribution in [2.75, 3.05) is 54.3 Å². The molecule has 1 heterocycles. The molecule has 0 unspecified atom stereocenters. The number of nitrogens with zero attached hydrogens (tertiary/aromatic N) is 3. The molecular formula is C75H141N3O9S3. The van der Waals surface area contributed by atoms with E-state index >= 15 is 0 Å². The lowest BCUT2D eigenvalue weighted by atomic mass is 10.0. The second-order valence-corrected chi connectivity index (χ2v) is 29.7. The van der Waals surface area contributed by atoms with Gasteiger partial charge in [0.25, 0.3) is 0 Å². The van der Waals surface area contributed by atoms with Crippen LogP contribution in [0.15, 0.2) is 14.4 Å². The summed E-state index contributed by atoms with van der Waals surface area (Å²) in [6.45, 7) is 5.38. The fourth-order valence-electron chi connectivity index (χ4n) is 11.7. The molecule has 1 aromatic rings. The zero-order chi connectivity index (χ0) is 65.1. The molecule has 15 heteroatoms. The Bertz CT molecular complexity index is 1700. The number of hydrogen-bond acceptors (Lipinski definition) is 12. The van der Waals surface area contributed by atoms with Gasteiger partial charge in [-0.3, -0.25) is 14.4 Å². The smallest absolute Gasteiger partial charge is 0.336 e. The van der Waals surface area contributed by atoms with Crippen molar-refractivity contribution >= 4 is 53.2 Å². The van der Waals surface area contributed by atoms with E-state index in [9.17, 15) is 28.8 Å². The molecule has 0 atom stereocenters. The second kappa shape index (κ2) is 68.3. The Balaban J connectivity index is 2.48.